The summed E-state index contributed by atoms with van der Waals surface area (Å²) in [6.07, 6.45) is 2.57. The zero-order chi connectivity index (χ0) is 10.7. The van der Waals surface area contributed by atoms with Crippen LogP contribution in [0.1, 0.15) is 30.7 Å². The van der Waals surface area contributed by atoms with Gasteiger partial charge in [0.15, 0.2) is 0 Å². The Morgan fingerprint density at radius 1 is 1.47 bits per heavy atom. The van der Waals surface area contributed by atoms with Gasteiger partial charge in [0.05, 0.1) is 0 Å². The summed E-state index contributed by atoms with van der Waals surface area (Å²) in [5.74, 6) is 0. The van der Waals surface area contributed by atoms with E-state index in [9.17, 15) is 0 Å². The van der Waals surface area contributed by atoms with E-state index in [1.165, 1.54) is 30.8 Å². The minimum Gasteiger partial charge on any atom is -0.307 e. The second kappa shape index (κ2) is 5.10. The average molecular weight is 224 g/mol. The van der Waals surface area contributed by atoms with Crippen molar-refractivity contribution in [2.75, 3.05) is 20.1 Å². The third kappa shape index (κ3) is 3.03. The molecule has 15 heavy (non-hydrogen) atoms. The van der Waals surface area contributed by atoms with Gasteiger partial charge in [0, 0.05) is 17.0 Å². The Kier molecular flexibility index (Phi) is 3.78. The first kappa shape index (κ1) is 11.1. The van der Waals surface area contributed by atoms with Gasteiger partial charge in [0.25, 0.3) is 0 Å². The molecule has 1 unspecified atom stereocenters. The maximum atomic E-state index is 3.73. The van der Waals surface area contributed by atoms with Crippen LogP contribution in [0.2, 0.25) is 0 Å². The van der Waals surface area contributed by atoms with E-state index < -0.39 is 0 Å². The third-order valence-electron chi connectivity index (χ3n) is 3.17. The van der Waals surface area contributed by atoms with Gasteiger partial charge in [-0.25, -0.2) is 0 Å². The molecule has 84 valence electrons. The predicted molar refractivity (Wildman–Crippen MR) is 66.4 cm³/mol. The molecule has 1 aliphatic heterocycles. The van der Waals surface area contributed by atoms with Gasteiger partial charge in [-0.3, -0.25) is 0 Å². The molecule has 0 aromatic carbocycles. The van der Waals surface area contributed by atoms with Crippen molar-refractivity contribution in [3.05, 3.63) is 22.4 Å². The van der Waals surface area contributed by atoms with Crippen molar-refractivity contribution in [2.45, 2.75) is 31.8 Å². The molecular weight excluding hydrogens is 204 g/mol. The lowest BCUT2D eigenvalue weighted by Crippen LogP contribution is -2.41. The molecule has 0 radical (unpaired) electrons. The smallest absolute Gasteiger partial charge is 0.0388 e. The van der Waals surface area contributed by atoms with Crippen molar-refractivity contribution in [1.82, 2.24) is 10.2 Å². The molecule has 0 bridgehead atoms. The Bertz CT molecular complexity index is 276. The number of hydrogen-bond donors (Lipinski definition) is 1. The van der Waals surface area contributed by atoms with Crippen molar-refractivity contribution in [3.8, 4) is 0 Å². The van der Waals surface area contributed by atoms with Crippen LogP contribution in [0.25, 0.3) is 0 Å². The summed E-state index contributed by atoms with van der Waals surface area (Å²) in [6, 6.07) is 5.57. The molecule has 3 heteroatoms. The first-order valence-electron chi connectivity index (χ1n) is 5.73. The fourth-order valence-corrected chi connectivity index (χ4v) is 2.89. The molecule has 2 heterocycles. The minimum atomic E-state index is 0.512. The molecule has 1 saturated heterocycles. The highest BCUT2D eigenvalue weighted by Crippen LogP contribution is 2.20. The SMILES string of the molecule is CC(NC1CCN(C)CC1)c1cccs1. The van der Waals surface area contributed by atoms with Gasteiger partial charge in [0.2, 0.25) is 0 Å². The molecule has 1 atom stereocenters. The fourth-order valence-electron chi connectivity index (χ4n) is 2.15. The summed E-state index contributed by atoms with van der Waals surface area (Å²) in [5.41, 5.74) is 0. The lowest BCUT2D eigenvalue weighted by molar-refractivity contribution is 0.227. The standard InChI is InChI=1S/C12H20N2S/c1-10(12-4-3-9-15-12)13-11-5-7-14(2)8-6-11/h3-4,9-11,13H,5-8H2,1-2H3. The van der Waals surface area contributed by atoms with E-state index in [0.717, 1.165) is 0 Å². The minimum absolute atomic E-state index is 0.512. The van der Waals surface area contributed by atoms with Crippen molar-refractivity contribution in [2.24, 2.45) is 0 Å². The van der Waals surface area contributed by atoms with Crippen molar-refractivity contribution in [1.29, 1.82) is 0 Å². The van der Waals surface area contributed by atoms with Gasteiger partial charge in [-0.1, -0.05) is 6.07 Å². The number of nitrogens with zero attached hydrogens (tertiary/aromatic N) is 1. The molecular formula is C12H20N2S. The van der Waals surface area contributed by atoms with Crippen LogP contribution >= 0.6 is 11.3 Å². The highest BCUT2D eigenvalue weighted by molar-refractivity contribution is 7.10. The molecule has 0 aliphatic carbocycles. The summed E-state index contributed by atoms with van der Waals surface area (Å²) >= 11 is 1.85. The zero-order valence-corrected chi connectivity index (χ0v) is 10.4. The number of thiophene rings is 1. The Balaban J connectivity index is 1.82. The Morgan fingerprint density at radius 3 is 2.80 bits per heavy atom. The monoisotopic (exact) mass is 224 g/mol. The molecule has 1 fully saturated rings. The van der Waals surface area contributed by atoms with E-state index in [1.807, 2.05) is 11.3 Å². The van der Waals surface area contributed by atoms with E-state index in [2.05, 4.69) is 41.7 Å². The molecule has 0 spiro atoms. The number of rotatable bonds is 3. The maximum absolute atomic E-state index is 3.73. The van der Waals surface area contributed by atoms with Gasteiger partial charge in [-0.2, -0.15) is 0 Å². The van der Waals surface area contributed by atoms with E-state index in [4.69, 9.17) is 0 Å². The summed E-state index contributed by atoms with van der Waals surface area (Å²) in [5, 5.41) is 5.88. The highest BCUT2D eigenvalue weighted by atomic mass is 32.1. The topological polar surface area (TPSA) is 15.3 Å². The van der Waals surface area contributed by atoms with Crippen LogP contribution in [-0.2, 0) is 0 Å². The Morgan fingerprint density at radius 2 is 2.20 bits per heavy atom. The quantitative estimate of drug-likeness (QED) is 0.848. The third-order valence-corrected chi connectivity index (χ3v) is 4.23. The molecule has 1 N–H and O–H groups in total. The summed E-state index contributed by atoms with van der Waals surface area (Å²) < 4.78 is 0. The number of piperidine rings is 1. The van der Waals surface area contributed by atoms with E-state index in [0.29, 0.717) is 12.1 Å². The summed E-state index contributed by atoms with van der Waals surface area (Å²) in [7, 11) is 2.21. The zero-order valence-electron chi connectivity index (χ0n) is 9.57. The van der Waals surface area contributed by atoms with Crippen molar-refractivity contribution in [3.63, 3.8) is 0 Å². The van der Waals surface area contributed by atoms with Crippen LogP contribution < -0.4 is 5.32 Å². The van der Waals surface area contributed by atoms with Crippen molar-refractivity contribution < 1.29 is 0 Å². The molecule has 0 saturated carbocycles. The molecule has 2 rings (SSSR count). The van der Waals surface area contributed by atoms with Gasteiger partial charge in [-0.15, -0.1) is 11.3 Å². The summed E-state index contributed by atoms with van der Waals surface area (Å²) in [4.78, 5) is 3.86. The first-order valence-corrected chi connectivity index (χ1v) is 6.61. The highest BCUT2D eigenvalue weighted by Gasteiger charge is 2.18. The Hall–Kier alpha value is -0.380. The molecule has 1 aromatic heterocycles. The van der Waals surface area contributed by atoms with Crippen LogP contribution in [0.4, 0.5) is 0 Å². The second-order valence-electron chi connectivity index (χ2n) is 4.48. The Labute approximate surface area is 96.3 Å². The van der Waals surface area contributed by atoms with Crippen LogP contribution in [0.5, 0.6) is 0 Å². The number of hydrogen-bond acceptors (Lipinski definition) is 3. The normalized spacial score (nSPS) is 21.7. The fraction of sp³-hybridized carbons (Fsp3) is 0.667. The largest absolute Gasteiger partial charge is 0.307 e. The van der Waals surface area contributed by atoms with Gasteiger partial charge in [0.1, 0.15) is 0 Å². The van der Waals surface area contributed by atoms with E-state index in [1.54, 1.807) is 0 Å². The molecule has 1 aliphatic rings. The van der Waals surface area contributed by atoms with Crippen LogP contribution in [0.3, 0.4) is 0 Å². The predicted octanol–water partition coefficient (Wildman–Crippen LogP) is 2.49. The molecule has 2 nitrogen and oxygen atoms in total. The number of nitrogens with one attached hydrogen (secondary N) is 1. The van der Waals surface area contributed by atoms with Crippen LogP contribution in [-0.4, -0.2) is 31.1 Å². The van der Waals surface area contributed by atoms with Gasteiger partial charge >= 0.3 is 0 Å². The van der Waals surface area contributed by atoms with Crippen LogP contribution in [0.15, 0.2) is 17.5 Å². The molecule has 0 amide bonds. The lowest BCUT2D eigenvalue weighted by atomic mass is 10.0. The maximum Gasteiger partial charge on any atom is 0.0388 e. The second-order valence-corrected chi connectivity index (χ2v) is 5.46. The van der Waals surface area contributed by atoms with Gasteiger partial charge in [-0.05, 0) is 51.3 Å². The number of likely N-dealkylation sites (tertiary alicyclic amines) is 1. The summed E-state index contributed by atoms with van der Waals surface area (Å²) in [6.45, 7) is 4.73. The van der Waals surface area contributed by atoms with Crippen molar-refractivity contribution >= 4 is 11.3 Å². The van der Waals surface area contributed by atoms with E-state index >= 15 is 0 Å². The van der Waals surface area contributed by atoms with Crippen LogP contribution in [0, 0.1) is 0 Å². The average Bonchev–Trinajstić information content (AvgIpc) is 2.74. The lowest BCUT2D eigenvalue weighted by Gasteiger charge is -2.31. The van der Waals surface area contributed by atoms with E-state index in [-0.39, 0.29) is 0 Å². The molecule has 1 aromatic rings. The first-order chi connectivity index (χ1) is 7.25. The van der Waals surface area contributed by atoms with Gasteiger partial charge < -0.3 is 10.2 Å².